The van der Waals surface area contributed by atoms with Gasteiger partial charge in [-0.15, -0.1) is 0 Å². The highest BCUT2D eigenvalue weighted by molar-refractivity contribution is 6.64. The average Bonchev–Trinajstić information content (AvgIpc) is 2.46. The molecule has 0 spiro atoms. The van der Waals surface area contributed by atoms with Gasteiger partial charge < -0.3 is 10.0 Å². The summed E-state index contributed by atoms with van der Waals surface area (Å²) in [6.45, 7) is 1.34. The van der Waals surface area contributed by atoms with Crippen molar-refractivity contribution in [1.29, 1.82) is 0 Å². The number of aromatic nitrogens is 1. The van der Waals surface area contributed by atoms with Gasteiger partial charge in [0.1, 0.15) is 0 Å². The standard InChI is InChI=1S/C9H10BNO/c1-10(12)9-6-7-4-2-3-5-8(7)11-9/h2-6,11-12H,1H3. The summed E-state index contributed by atoms with van der Waals surface area (Å²) in [5.74, 6) is 0. The normalized spacial score (nSPS) is 10.5. The molecular formula is C9H10BNO. The van der Waals surface area contributed by atoms with E-state index in [4.69, 9.17) is 0 Å². The van der Waals surface area contributed by atoms with Gasteiger partial charge in [-0.05, 0) is 17.5 Å². The van der Waals surface area contributed by atoms with Crippen LogP contribution in [0.4, 0.5) is 0 Å². The smallest absolute Gasteiger partial charge is 0.337 e. The van der Waals surface area contributed by atoms with Crippen LogP contribution < -0.4 is 5.59 Å². The first-order chi connectivity index (χ1) is 5.77. The Morgan fingerprint density at radius 2 is 2.08 bits per heavy atom. The Bertz CT molecular complexity index is 361. The van der Waals surface area contributed by atoms with Gasteiger partial charge in [-0.2, -0.15) is 0 Å². The Morgan fingerprint density at radius 3 is 2.75 bits per heavy atom. The topological polar surface area (TPSA) is 36.0 Å². The van der Waals surface area contributed by atoms with E-state index in [1.165, 1.54) is 0 Å². The minimum absolute atomic E-state index is 0.419. The van der Waals surface area contributed by atoms with Gasteiger partial charge in [0.15, 0.2) is 0 Å². The predicted octanol–water partition coefficient (Wildman–Crippen LogP) is 0.988. The minimum atomic E-state index is -0.419. The molecule has 0 atom stereocenters. The zero-order valence-corrected chi connectivity index (χ0v) is 6.91. The lowest BCUT2D eigenvalue weighted by Crippen LogP contribution is -2.26. The number of benzene rings is 1. The maximum atomic E-state index is 9.29. The highest BCUT2D eigenvalue weighted by atomic mass is 16.2. The molecule has 0 fully saturated rings. The van der Waals surface area contributed by atoms with Gasteiger partial charge in [0.2, 0.25) is 0 Å². The maximum Gasteiger partial charge on any atom is 0.337 e. The first-order valence-corrected chi connectivity index (χ1v) is 4.03. The van der Waals surface area contributed by atoms with Crippen LogP contribution in [0.25, 0.3) is 10.9 Å². The van der Waals surface area contributed by atoms with Gasteiger partial charge in [-0.25, -0.2) is 0 Å². The molecule has 2 N–H and O–H groups in total. The lowest BCUT2D eigenvalue weighted by molar-refractivity contribution is 0.593. The van der Waals surface area contributed by atoms with Crippen molar-refractivity contribution in [2.24, 2.45) is 0 Å². The molecule has 3 heteroatoms. The van der Waals surface area contributed by atoms with Crippen molar-refractivity contribution in [1.82, 2.24) is 4.98 Å². The first-order valence-electron chi connectivity index (χ1n) is 4.03. The summed E-state index contributed by atoms with van der Waals surface area (Å²) in [6.07, 6.45) is 0. The van der Waals surface area contributed by atoms with Gasteiger partial charge in [-0.1, -0.05) is 25.0 Å². The molecule has 0 aliphatic heterocycles. The second kappa shape index (κ2) is 2.68. The van der Waals surface area contributed by atoms with Crippen LogP contribution in [0.3, 0.4) is 0 Å². The van der Waals surface area contributed by atoms with Crippen molar-refractivity contribution in [3.05, 3.63) is 30.3 Å². The van der Waals surface area contributed by atoms with Crippen LogP contribution in [0, 0.1) is 0 Å². The Hall–Kier alpha value is -1.22. The van der Waals surface area contributed by atoms with Crippen LogP contribution in [0.2, 0.25) is 6.82 Å². The van der Waals surface area contributed by atoms with E-state index in [9.17, 15) is 5.02 Å². The third-order valence-electron chi connectivity index (χ3n) is 2.00. The van der Waals surface area contributed by atoms with Gasteiger partial charge in [0, 0.05) is 11.1 Å². The van der Waals surface area contributed by atoms with Crippen molar-refractivity contribution in [3.8, 4) is 0 Å². The molecule has 0 aliphatic rings. The molecule has 0 bridgehead atoms. The van der Waals surface area contributed by atoms with Crippen molar-refractivity contribution >= 4 is 23.4 Å². The molecule has 60 valence electrons. The Labute approximate surface area is 71.3 Å². The molecule has 2 rings (SSSR count). The maximum absolute atomic E-state index is 9.29. The molecule has 2 nitrogen and oxygen atoms in total. The molecule has 0 radical (unpaired) electrons. The minimum Gasteiger partial charge on any atom is -0.446 e. The Morgan fingerprint density at radius 1 is 1.33 bits per heavy atom. The fraction of sp³-hybridized carbons (Fsp3) is 0.111. The highest BCUT2D eigenvalue weighted by Crippen LogP contribution is 2.08. The fourth-order valence-corrected chi connectivity index (χ4v) is 1.32. The summed E-state index contributed by atoms with van der Waals surface area (Å²) in [5.41, 5.74) is 1.95. The number of para-hydroxylation sites is 1. The number of aromatic amines is 1. The van der Waals surface area contributed by atoms with Gasteiger partial charge in [-0.3, -0.25) is 0 Å². The van der Waals surface area contributed by atoms with E-state index in [0.717, 1.165) is 16.5 Å². The quantitative estimate of drug-likeness (QED) is 0.598. The van der Waals surface area contributed by atoms with Crippen LogP contribution in [0.5, 0.6) is 0 Å². The van der Waals surface area contributed by atoms with Crippen LogP contribution in [0.1, 0.15) is 0 Å². The first kappa shape index (κ1) is 7.43. The molecule has 0 saturated heterocycles. The summed E-state index contributed by atoms with van der Waals surface area (Å²) in [5, 5.41) is 10.4. The molecule has 0 aliphatic carbocycles. The highest BCUT2D eigenvalue weighted by Gasteiger charge is 2.08. The summed E-state index contributed by atoms with van der Waals surface area (Å²) < 4.78 is 0. The van der Waals surface area contributed by atoms with Crippen LogP contribution in [-0.2, 0) is 0 Å². The number of nitrogens with one attached hydrogen (secondary N) is 1. The molecule has 0 amide bonds. The SMILES string of the molecule is CB(O)c1cc2ccccc2[nH]1. The van der Waals surface area contributed by atoms with Gasteiger partial charge >= 0.3 is 6.92 Å². The monoisotopic (exact) mass is 159 g/mol. The third-order valence-corrected chi connectivity index (χ3v) is 2.00. The number of hydrogen-bond acceptors (Lipinski definition) is 1. The number of hydrogen-bond donors (Lipinski definition) is 2. The lowest BCUT2D eigenvalue weighted by Gasteiger charge is -1.91. The third kappa shape index (κ3) is 1.12. The number of H-pyrrole nitrogens is 1. The summed E-state index contributed by atoms with van der Waals surface area (Å²) in [6, 6.07) is 9.96. The van der Waals surface area contributed by atoms with Crippen LogP contribution >= 0.6 is 0 Å². The predicted molar refractivity (Wildman–Crippen MR) is 51.8 cm³/mol. The second-order valence-corrected chi connectivity index (χ2v) is 2.99. The zero-order chi connectivity index (χ0) is 8.55. The summed E-state index contributed by atoms with van der Waals surface area (Å²) in [7, 11) is 0. The number of fused-ring (bicyclic) bond motifs is 1. The van der Waals surface area contributed by atoms with E-state index >= 15 is 0 Å². The van der Waals surface area contributed by atoms with E-state index in [0.29, 0.717) is 0 Å². The molecule has 0 saturated carbocycles. The molecule has 2 aromatic rings. The Kier molecular flexibility index (Phi) is 1.66. The largest absolute Gasteiger partial charge is 0.446 e. The van der Waals surface area contributed by atoms with E-state index in [-0.39, 0.29) is 0 Å². The van der Waals surface area contributed by atoms with Crippen LogP contribution in [-0.4, -0.2) is 16.9 Å². The van der Waals surface area contributed by atoms with Crippen molar-refractivity contribution in [2.45, 2.75) is 6.82 Å². The molecular weight excluding hydrogens is 149 g/mol. The summed E-state index contributed by atoms with van der Waals surface area (Å²) in [4.78, 5) is 3.14. The number of rotatable bonds is 1. The van der Waals surface area contributed by atoms with Crippen molar-refractivity contribution in [2.75, 3.05) is 0 Å². The summed E-state index contributed by atoms with van der Waals surface area (Å²) >= 11 is 0. The van der Waals surface area contributed by atoms with Gasteiger partial charge in [0.25, 0.3) is 0 Å². The van der Waals surface area contributed by atoms with Crippen molar-refractivity contribution < 1.29 is 5.02 Å². The average molecular weight is 159 g/mol. The Balaban J connectivity index is 2.62. The molecule has 1 heterocycles. The van der Waals surface area contributed by atoms with E-state index in [1.54, 1.807) is 6.82 Å². The molecule has 1 aromatic carbocycles. The lowest BCUT2D eigenvalue weighted by atomic mass is 9.68. The fourth-order valence-electron chi connectivity index (χ4n) is 1.32. The van der Waals surface area contributed by atoms with E-state index < -0.39 is 6.92 Å². The van der Waals surface area contributed by atoms with Crippen LogP contribution in [0.15, 0.2) is 30.3 Å². The van der Waals surface area contributed by atoms with Gasteiger partial charge in [0.05, 0.1) is 0 Å². The van der Waals surface area contributed by atoms with Crippen molar-refractivity contribution in [3.63, 3.8) is 0 Å². The molecule has 0 unspecified atom stereocenters. The van der Waals surface area contributed by atoms with E-state index in [2.05, 4.69) is 4.98 Å². The molecule has 1 aromatic heterocycles. The molecule has 12 heavy (non-hydrogen) atoms. The van der Waals surface area contributed by atoms with E-state index in [1.807, 2.05) is 30.3 Å². The zero-order valence-electron chi connectivity index (χ0n) is 6.91. The second-order valence-electron chi connectivity index (χ2n) is 2.99.